The molecule has 4 aromatic rings. The number of halogens is 3. The van der Waals surface area contributed by atoms with Crippen molar-refractivity contribution < 1.29 is 32.6 Å². The number of carboxylic acids is 1. The summed E-state index contributed by atoms with van der Waals surface area (Å²) in [5.41, 5.74) is 7.11. The Morgan fingerprint density at radius 1 is 1.15 bits per heavy atom. The maximum absolute atomic E-state index is 13.1. The van der Waals surface area contributed by atoms with Crippen molar-refractivity contribution in [2.45, 2.75) is 31.9 Å². The Morgan fingerprint density at radius 3 is 2.59 bits per heavy atom. The number of fused-ring (bicyclic) bond motifs is 2. The van der Waals surface area contributed by atoms with Gasteiger partial charge in [0.05, 0.1) is 18.1 Å². The van der Waals surface area contributed by atoms with Gasteiger partial charge in [0.15, 0.2) is 0 Å². The van der Waals surface area contributed by atoms with E-state index in [0.717, 1.165) is 24.2 Å². The van der Waals surface area contributed by atoms with Crippen LogP contribution in [0.1, 0.15) is 47.4 Å². The molecule has 2 aliphatic carbocycles. The van der Waals surface area contributed by atoms with Crippen LogP contribution in [-0.4, -0.2) is 42.9 Å². The number of carbonyl (C=O) groups excluding carboxylic acids is 1. The number of nitrogens with zero attached hydrogens (tertiary/aromatic N) is 4. The highest BCUT2D eigenvalue weighted by Gasteiger charge is 2.60. The Bertz CT molecular complexity index is 1680. The van der Waals surface area contributed by atoms with E-state index in [1.807, 2.05) is 4.40 Å². The SMILES string of the molecule is CCOc1cc(C(=O)Nc2cc(C(F)(F)F)ccn2)ccc1-c1nc(C2CC3C(C2)C3C(=O)O)n2ccnc(N)c12. The number of carboxylic acid groups (broad SMARTS) is 1. The summed E-state index contributed by atoms with van der Waals surface area (Å²) in [5, 5.41) is 11.8. The smallest absolute Gasteiger partial charge is 0.416 e. The molecule has 10 nitrogen and oxygen atoms in total. The molecule has 2 unspecified atom stereocenters. The van der Waals surface area contributed by atoms with Gasteiger partial charge in [-0.3, -0.25) is 14.0 Å². The highest BCUT2D eigenvalue weighted by atomic mass is 19.4. The van der Waals surface area contributed by atoms with Crippen molar-refractivity contribution in [3.05, 3.63) is 65.9 Å². The van der Waals surface area contributed by atoms with Gasteiger partial charge in [-0.25, -0.2) is 15.0 Å². The van der Waals surface area contributed by atoms with Crippen molar-refractivity contribution in [1.29, 1.82) is 0 Å². The molecule has 41 heavy (non-hydrogen) atoms. The quantitative estimate of drug-likeness (QED) is 0.287. The van der Waals surface area contributed by atoms with Crippen molar-refractivity contribution in [3.8, 4) is 17.0 Å². The standard InChI is InChI=1S/C28H25F3N6O4/c1-2-41-19-11-13(26(38)35-20-12-15(5-6-33-20)28(29,30)31)3-4-16(19)22-23-24(32)34-7-8-37(23)25(36-22)14-9-17-18(10-14)21(17)27(39)40/h3-8,11-12,14,17-18,21H,2,9-10H2,1H3,(H2,32,34)(H,39,40)(H,33,35,38). The number of pyridine rings is 1. The third-order valence-electron chi connectivity index (χ3n) is 7.83. The van der Waals surface area contributed by atoms with Gasteiger partial charge in [-0.05, 0) is 61.9 Å². The van der Waals surface area contributed by atoms with Crippen molar-refractivity contribution in [2.75, 3.05) is 17.7 Å². The zero-order chi connectivity index (χ0) is 29.1. The first-order valence-corrected chi connectivity index (χ1v) is 13.0. The molecule has 3 aromatic heterocycles. The number of rotatable bonds is 7. The van der Waals surface area contributed by atoms with Crippen molar-refractivity contribution in [1.82, 2.24) is 19.4 Å². The van der Waals surface area contributed by atoms with Crippen LogP contribution in [0, 0.1) is 17.8 Å². The molecular formula is C28H25F3N6O4. The number of benzene rings is 1. The Hall–Kier alpha value is -4.68. The van der Waals surface area contributed by atoms with Crippen LogP contribution in [0.2, 0.25) is 0 Å². The number of ether oxygens (including phenoxy) is 1. The number of aliphatic carboxylic acids is 1. The van der Waals surface area contributed by atoms with Gasteiger partial charge in [-0.2, -0.15) is 13.2 Å². The van der Waals surface area contributed by atoms with E-state index >= 15 is 0 Å². The number of carbonyl (C=O) groups is 2. The van der Waals surface area contributed by atoms with E-state index in [1.54, 1.807) is 25.4 Å². The minimum Gasteiger partial charge on any atom is -0.493 e. The molecule has 4 N–H and O–H groups in total. The van der Waals surface area contributed by atoms with Crippen LogP contribution in [0.5, 0.6) is 5.75 Å². The number of amides is 1. The number of nitrogen functional groups attached to an aromatic ring is 1. The number of alkyl halides is 3. The van der Waals surface area contributed by atoms with Gasteiger partial charge in [-0.15, -0.1) is 0 Å². The average molecular weight is 567 g/mol. The highest BCUT2D eigenvalue weighted by Crippen LogP contribution is 2.62. The molecule has 1 amide bonds. The first-order valence-electron chi connectivity index (χ1n) is 13.0. The Balaban J connectivity index is 1.34. The minimum absolute atomic E-state index is 0.0456. The van der Waals surface area contributed by atoms with Crippen LogP contribution in [-0.2, 0) is 11.0 Å². The van der Waals surface area contributed by atoms with Gasteiger partial charge in [0.2, 0.25) is 0 Å². The van der Waals surface area contributed by atoms with E-state index in [-0.39, 0.29) is 47.5 Å². The first kappa shape index (κ1) is 26.5. The molecule has 0 spiro atoms. The van der Waals surface area contributed by atoms with Crippen molar-refractivity contribution in [2.24, 2.45) is 17.8 Å². The molecule has 0 bridgehead atoms. The Morgan fingerprint density at radius 2 is 1.90 bits per heavy atom. The largest absolute Gasteiger partial charge is 0.493 e. The van der Waals surface area contributed by atoms with E-state index in [9.17, 15) is 27.9 Å². The second kappa shape index (κ2) is 9.75. The summed E-state index contributed by atoms with van der Waals surface area (Å²) in [6, 6.07) is 6.23. The molecule has 212 valence electrons. The molecule has 0 radical (unpaired) electrons. The zero-order valence-corrected chi connectivity index (χ0v) is 21.7. The minimum atomic E-state index is -4.58. The average Bonchev–Trinajstić information content (AvgIpc) is 3.24. The van der Waals surface area contributed by atoms with E-state index in [0.29, 0.717) is 35.4 Å². The molecule has 2 atom stereocenters. The highest BCUT2D eigenvalue weighted by molar-refractivity contribution is 6.04. The lowest BCUT2D eigenvalue weighted by molar-refractivity contribution is -0.139. The molecule has 6 rings (SSSR count). The third kappa shape index (κ3) is 4.70. The van der Waals surface area contributed by atoms with Crippen molar-refractivity contribution >= 4 is 29.0 Å². The van der Waals surface area contributed by atoms with E-state index in [2.05, 4.69) is 15.3 Å². The van der Waals surface area contributed by atoms with Crippen LogP contribution in [0.15, 0.2) is 48.9 Å². The molecule has 0 aliphatic heterocycles. The van der Waals surface area contributed by atoms with Gasteiger partial charge in [-0.1, -0.05) is 0 Å². The van der Waals surface area contributed by atoms with Crippen LogP contribution < -0.4 is 15.8 Å². The van der Waals surface area contributed by atoms with Crippen molar-refractivity contribution in [3.63, 3.8) is 0 Å². The van der Waals surface area contributed by atoms with E-state index in [1.165, 1.54) is 12.1 Å². The molecule has 3 heterocycles. The van der Waals surface area contributed by atoms with Crippen LogP contribution in [0.25, 0.3) is 16.8 Å². The predicted octanol–water partition coefficient (Wildman–Crippen LogP) is 4.87. The number of imidazole rings is 1. The zero-order valence-electron chi connectivity index (χ0n) is 21.7. The fourth-order valence-electron chi connectivity index (χ4n) is 5.98. The molecule has 2 aliphatic rings. The monoisotopic (exact) mass is 566 g/mol. The summed E-state index contributed by atoms with van der Waals surface area (Å²) >= 11 is 0. The maximum Gasteiger partial charge on any atom is 0.416 e. The van der Waals surface area contributed by atoms with Gasteiger partial charge in [0.25, 0.3) is 5.91 Å². The number of aromatic nitrogens is 4. The fourth-order valence-corrected chi connectivity index (χ4v) is 5.98. The normalized spacial score (nSPS) is 21.5. The molecule has 2 saturated carbocycles. The Labute approximate surface area is 231 Å². The van der Waals surface area contributed by atoms with Crippen LogP contribution in [0.3, 0.4) is 0 Å². The summed E-state index contributed by atoms with van der Waals surface area (Å²) in [5.74, 6) is -0.322. The maximum atomic E-state index is 13.1. The molecule has 0 saturated heterocycles. The second-order valence-electron chi connectivity index (χ2n) is 10.2. The van der Waals surface area contributed by atoms with Crippen LogP contribution in [0.4, 0.5) is 24.8 Å². The van der Waals surface area contributed by atoms with Gasteiger partial charge in [0.1, 0.15) is 34.4 Å². The number of nitrogens with two attached hydrogens (primary N) is 1. The fraction of sp³-hybridized carbons (Fsp3) is 0.321. The molecule has 1 aromatic carbocycles. The lowest BCUT2D eigenvalue weighted by atomic mass is 9.99. The Kier molecular flexibility index (Phi) is 6.31. The summed E-state index contributed by atoms with van der Waals surface area (Å²) in [6.45, 7) is 2.04. The molecule has 2 fully saturated rings. The lowest BCUT2D eigenvalue weighted by Gasteiger charge is -2.12. The van der Waals surface area contributed by atoms with Crippen LogP contribution >= 0.6 is 0 Å². The number of hydrogen-bond donors (Lipinski definition) is 3. The van der Waals surface area contributed by atoms with Gasteiger partial charge < -0.3 is 20.9 Å². The second-order valence-corrected chi connectivity index (χ2v) is 10.2. The first-order chi connectivity index (χ1) is 19.6. The third-order valence-corrected chi connectivity index (χ3v) is 7.83. The molecular weight excluding hydrogens is 541 g/mol. The summed E-state index contributed by atoms with van der Waals surface area (Å²) in [7, 11) is 0. The van der Waals surface area contributed by atoms with Gasteiger partial charge in [0, 0.05) is 35.6 Å². The predicted molar refractivity (Wildman–Crippen MR) is 141 cm³/mol. The molecule has 13 heteroatoms. The van der Waals surface area contributed by atoms with Gasteiger partial charge >= 0.3 is 12.1 Å². The lowest BCUT2D eigenvalue weighted by Crippen LogP contribution is -2.14. The number of hydrogen-bond acceptors (Lipinski definition) is 7. The summed E-state index contributed by atoms with van der Waals surface area (Å²) in [6.07, 6.45) is 1.16. The van der Waals surface area contributed by atoms with E-state index < -0.39 is 23.6 Å². The number of anilines is 2. The topological polar surface area (TPSA) is 145 Å². The summed E-state index contributed by atoms with van der Waals surface area (Å²) in [4.78, 5) is 37.4. The number of nitrogens with one attached hydrogen (secondary N) is 1. The van der Waals surface area contributed by atoms with E-state index in [4.69, 9.17) is 15.5 Å². The summed E-state index contributed by atoms with van der Waals surface area (Å²) < 4.78 is 47.0.